The van der Waals surface area contributed by atoms with Crippen molar-refractivity contribution in [1.82, 2.24) is 0 Å². The summed E-state index contributed by atoms with van der Waals surface area (Å²) in [4.78, 5) is 2.12. The molecule has 0 amide bonds. The van der Waals surface area contributed by atoms with Gasteiger partial charge in [-0.05, 0) is 24.1 Å². The molecule has 1 rings (SSSR count). The molecule has 0 aliphatic heterocycles. The van der Waals surface area contributed by atoms with E-state index in [9.17, 15) is 5.11 Å². The van der Waals surface area contributed by atoms with Gasteiger partial charge in [0.1, 0.15) is 0 Å². The predicted octanol–water partition coefficient (Wildman–Crippen LogP) is 2.90. The second-order valence-electron chi connectivity index (χ2n) is 4.08. The van der Waals surface area contributed by atoms with Gasteiger partial charge in [-0.25, -0.2) is 0 Å². The highest BCUT2D eigenvalue weighted by atomic mass is 79.9. The van der Waals surface area contributed by atoms with Crippen molar-refractivity contribution < 1.29 is 5.11 Å². The number of aliphatic hydroxyl groups excluding tert-OH is 1. The highest BCUT2D eigenvalue weighted by Crippen LogP contribution is 2.22. The number of likely N-dealkylation sites (N-methyl/N-ethyl adjacent to an activating group) is 1. The third-order valence-electron chi connectivity index (χ3n) is 2.67. The fourth-order valence-corrected chi connectivity index (χ4v) is 2.05. The van der Waals surface area contributed by atoms with Crippen LogP contribution in [0.4, 0.5) is 5.69 Å². The molecular weight excluding hydrogens is 254 g/mol. The topological polar surface area (TPSA) is 23.5 Å². The molecule has 15 heavy (non-hydrogen) atoms. The number of halogens is 1. The van der Waals surface area contributed by atoms with Crippen LogP contribution in [0.15, 0.2) is 28.7 Å². The molecule has 1 atom stereocenters. The number of hydrogen-bond acceptors (Lipinski definition) is 2. The van der Waals surface area contributed by atoms with Crippen LogP contribution in [0.5, 0.6) is 0 Å². The molecule has 0 saturated carbocycles. The maximum absolute atomic E-state index is 9.34. The Kier molecular flexibility index (Phi) is 4.61. The minimum Gasteiger partial charge on any atom is -0.394 e. The van der Waals surface area contributed by atoms with E-state index in [-0.39, 0.29) is 12.6 Å². The van der Waals surface area contributed by atoms with E-state index in [0.717, 1.165) is 10.2 Å². The average Bonchev–Trinajstić information content (AvgIpc) is 2.18. The molecule has 84 valence electrons. The molecule has 0 heterocycles. The van der Waals surface area contributed by atoms with E-state index in [2.05, 4.69) is 46.8 Å². The van der Waals surface area contributed by atoms with Gasteiger partial charge in [0.25, 0.3) is 0 Å². The number of hydrogen-bond donors (Lipinski definition) is 1. The first-order chi connectivity index (χ1) is 7.06. The lowest BCUT2D eigenvalue weighted by atomic mass is 10.0. The van der Waals surface area contributed by atoms with E-state index in [1.165, 1.54) is 0 Å². The quantitative estimate of drug-likeness (QED) is 0.911. The Labute approximate surface area is 100 Å². The van der Waals surface area contributed by atoms with E-state index >= 15 is 0 Å². The first kappa shape index (κ1) is 12.5. The Balaban J connectivity index is 2.87. The summed E-state index contributed by atoms with van der Waals surface area (Å²) in [5.41, 5.74) is 1.12. The van der Waals surface area contributed by atoms with Crippen LogP contribution < -0.4 is 4.90 Å². The van der Waals surface area contributed by atoms with Gasteiger partial charge in [0.2, 0.25) is 0 Å². The summed E-state index contributed by atoms with van der Waals surface area (Å²) in [5.74, 6) is 0.430. The third kappa shape index (κ3) is 3.21. The molecule has 1 N–H and O–H groups in total. The average molecular weight is 272 g/mol. The molecule has 0 saturated heterocycles. The smallest absolute Gasteiger partial charge is 0.0637 e. The summed E-state index contributed by atoms with van der Waals surface area (Å²) in [6.45, 7) is 4.42. The van der Waals surface area contributed by atoms with Gasteiger partial charge in [0.15, 0.2) is 0 Å². The summed E-state index contributed by atoms with van der Waals surface area (Å²) in [6.07, 6.45) is 0. The molecule has 0 aliphatic carbocycles. The van der Waals surface area contributed by atoms with Gasteiger partial charge in [-0.2, -0.15) is 0 Å². The van der Waals surface area contributed by atoms with Crippen LogP contribution in [0, 0.1) is 5.92 Å². The zero-order valence-corrected chi connectivity index (χ0v) is 11.0. The standard InChI is InChI=1S/C12H18BrNO/c1-9(2)12(8-15)14(3)11-6-4-5-10(13)7-11/h4-7,9,12,15H,8H2,1-3H3. The molecule has 0 fully saturated rings. The number of benzene rings is 1. The van der Waals surface area contributed by atoms with Crippen LogP contribution in [0.2, 0.25) is 0 Å². The molecule has 0 aromatic heterocycles. The summed E-state index contributed by atoms with van der Waals surface area (Å²) in [7, 11) is 2.02. The zero-order chi connectivity index (χ0) is 11.4. The third-order valence-corrected chi connectivity index (χ3v) is 3.16. The van der Waals surface area contributed by atoms with Gasteiger partial charge in [-0.1, -0.05) is 35.8 Å². The zero-order valence-electron chi connectivity index (χ0n) is 9.44. The largest absolute Gasteiger partial charge is 0.394 e. The van der Waals surface area contributed by atoms with Gasteiger partial charge in [0, 0.05) is 17.2 Å². The normalized spacial score (nSPS) is 12.9. The van der Waals surface area contributed by atoms with Gasteiger partial charge in [-0.3, -0.25) is 0 Å². The minimum atomic E-state index is 0.166. The highest BCUT2D eigenvalue weighted by molar-refractivity contribution is 9.10. The van der Waals surface area contributed by atoms with Crippen molar-refractivity contribution in [3.05, 3.63) is 28.7 Å². The maximum Gasteiger partial charge on any atom is 0.0637 e. The molecule has 0 aliphatic rings. The first-order valence-electron chi connectivity index (χ1n) is 5.15. The molecule has 3 heteroatoms. The number of rotatable bonds is 4. The van der Waals surface area contributed by atoms with Crippen LogP contribution in [0.1, 0.15) is 13.8 Å². The Bertz CT molecular complexity index is 314. The van der Waals surface area contributed by atoms with Crippen molar-refractivity contribution in [3.63, 3.8) is 0 Å². The first-order valence-corrected chi connectivity index (χ1v) is 5.94. The van der Waals surface area contributed by atoms with Crippen LogP contribution >= 0.6 is 15.9 Å². The lowest BCUT2D eigenvalue weighted by molar-refractivity contribution is 0.234. The minimum absolute atomic E-state index is 0.166. The molecule has 0 radical (unpaired) electrons. The lowest BCUT2D eigenvalue weighted by Crippen LogP contribution is -2.38. The van der Waals surface area contributed by atoms with E-state index in [1.54, 1.807) is 0 Å². The van der Waals surface area contributed by atoms with Gasteiger partial charge >= 0.3 is 0 Å². The van der Waals surface area contributed by atoms with Crippen molar-refractivity contribution in [2.75, 3.05) is 18.6 Å². The fourth-order valence-electron chi connectivity index (χ4n) is 1.67. The molecule has 0 spiro atoms. The van der Waals surface area contributed by atoms with Crippen molar-refractivity contribution in [3.8, 4) is 0 Å². The molecule has 2 nitrogen and oxygen atoms in total. The number of anilines is 1. The molecule has 1 unspecified atom stereocenters. The monoisotopic (exact) mass is 271 g/mol. The molecule has 0 bridgehead atoms. The van der Waals surface area contributed by atoms with Gasteiger partial charge in [0.05, 0.1) is 12.6 Å². The Morgan fingerprint density at radius 2 is 2.07 bits per heavy atom. The number of aliphatic hydroxyl groups is 1. The fraction of sp³-hybridized carbons (Fsp3) is 0.500. The van der Waals surface area contributed by atoms with Crippen LogP contribution in [-0.2, 0) is 0 Å². The second-order valence-corrected chi connectivity index (χ2v) is 5.00. The summed E-state index contributed by atoms with van der Waals surface area (Å²) in [5, 5.41) is 9.34. The van der Waals surface area contributed by atoms with E-state index in [1.807, 2.05) is 19.2 Å². The van der Waals surface area contributed by atoms with Crippen LogP contribution in [0.25, 0.3) is 0 Å². The van der Waals surface area contributed by atoms with Crippen molar-refractivity contribution in [1.29, 1.82) is 0 Å². The van der Waals surface area contributed by atoms with Crippen LogP contribution in [0.3, 0.4) is 0 Å². The summed E-state index contributed by atoms with van der Waals surface area (Å²) in [6, 6.07) is 8.28. The summed E-state index contributed by atoms with van der Waals surface area (Å²) < 4.78 is 1.06. The highest BCUT2D eigenvalue weighted by Gasteiger charge is 2.17. The molecule has 1 aromatic carbocycles. The van der Waals surface area contributed by atoms with Crippen LogP contribution in [-0.4, -0.2) is 24.8 Å². The Morgan fingerprint density at radius 3 is 2.53 bits per heavy atom. The Hall–Kier alpha value is -0.540. The van der Waals surface area contributed by atoms with Gasteiger partial charge < -0.3 is 10.0 Å². The summed E-state index contributed by atoms with van der Waals surface area (Å²) >= 11 is 3.45. The number of nitrogens with zero attached hydrogens (tertiary/aromatic N) is 1. The van der Waals surface area contributed by atoms with E-state index in [4.69, 9.17) is 0 Å². The van der Waals surface area contributed by atoms with Crippen molar-refractivity contribution in [2.45, 2.75) is 19.9 Å². The predicted molar refractivity (Wildman–Crippen MR) is 68.3 cm³/mol. The Morgan fingerprint density at radius 1 is 1.40 bits per heavy atom. The van der Waals surface area contributed by atoms with E-state index in [0.29, 0.717) is 5.92 Å². The van der Waals surface area contributed by atoms with E-state index < -0.39 is 0 Å². The van der Waals surface area contributed by atoms with Crippen molar-refractivity contribution >= 4 is 21.6 Å². The molecular formula is C12H18BrNO. The lowest BCUT2D eigenvalue weighted by Gasteiger charge is -2.31. The molecule has 1 aromatic rings. The van der Waals surface area contributed by atoms with Crippen molar-refractivity contribution in [2.24, 2.45) is 5.92 Å². The second kappa shape index (κ2) is 5.52. The van der Waals surface area contributed by atoms with Gasteiger partial charge in [-0.15, -0.1) is 0 Å². The maximum atomic E-state index is 9.34. The SMILES string of the molecule is CC(C)C(CO)N(C)c1cccc(Br)c1.